The van der Waals surface area contributed by atoms with E-state index in [1.165, 1.54) is 37.3 Å². The largest absolute Gasteiger partial charge is 0.461 e. The normalized spacial score (nSPS) is 27.0. The second kappa shape index (κ2) is 8.93. The Morgan fingerprint density at radius 2 is 1.86 bits per heavy atom. The van der Waals surface area contributed by atoms with Crippen LogP contribution in [0.3, 0.4) is 0 Å². The molecule has 4 atom stereocenters. The zero-order valence-electron chi connectivity index (χ0n) is 15.6. The highest BCUT2D eigenvalue weighted by atomic mass is 19.1. The van der Waals surface area contributed by atoms with Crippen molar-refractivity contribution < 1.29 is 33.4 Å². The van der Waals surface area contributed by atoms with E-state index in [0.29, 0.717) is 0 Å². The highest BCUT2D eigenvalue weighted by Gasteiger charge is 2.57. The minimum atomic E-state index is -1.79. The number of hydrogen-bond acceptors (Lipinski definition) is 6. The number of ketones is 1. The lowest BCUT2D eigenvalue weighted by Gasteiger charge is -2.43. The maximum Gasteiger partial charge on any atom is 0.317 e. The Labute approximate surface area is 162 Å². The molecule has 0 aliphatic heterocycles. The molecule has 0 unspecified atom stereocenters. The fourth-order valence-corrected chi connectivity index (χ4v) is 3.59. The number of carbonyl (C=O) groups excluding carboxylic acids is 3. The monoisotopic (exact) mass is 390 g/mol. The van der Waals surface area contributed by atoms with Crippen molar-refractivity contribution in [3.8, 4) is 0 Å². The van der Waals surface area contributed by atoms with Crippen molar-refractivity contribution in [2.75, 3.05) is 13.2 Å². The molecule has 150 valence electrons. The van der Waals surface area contributed by atoms with Crippen LogP contribution in [0, 0.1) is 17.7 Å². The zero-order valence-corrected chi connectivity index (χ0v) is 15.6. The van der Waals surface area contributed by atoms with Crippen LogP contribution >= 0.6 is 0 Å². The van der Waals surface area contributed by atoms with E-state index in [9.17, 15) is 23.9 Å². The lowest BCUT2D eigenvalue weighted by molar-refractivity contribution is -0.172. The molecule has 0 radical (unpaired) electrons. The van der Waals surface area contributed by atoms with Crippen molar-refractivity contribution in [1.82, 2.24) is 0 Å². The molecule has 0 spiro atoms. The van der Waals surface area contributed by atoms with E-state index in [-0.39, 0.29) is 18.8 Å². The molecule has 0 saturated heterocycles. The predicted molar refractivity (Wildman–Crippen MR) is 98.7 cm³/mol. The molecule has 1 aliphatic carbocycles. The van der Waals surface area contributed by atoms with Crippen molar-refractivity contribution in [3.05, 3.63) is 61.0 Å². The lowest BCUT2D eigenvalue weighted by Crippen LogP contribution is -2.55. The third-order valence-corrected chi connectivity index (χ3v) is 4.70. The number of ether oxygens (including phenoxy) is 2. The van der Waals surface area contributed by atoms with E-state index >= 15 is 0 Å². The molecule has 1 aliphatic rings. The number of benzene rings is 1. The second-order valence-corrected chi connectivity index (χ2v) is 6.87. The molecule has 7 heteroatoms. The van der Waals surface area contributed by atoms with Crippen molar-refractivity contribution in [3.63, 3.8) is 0 Å². The fraction of sp³-hybridized carbons (Fsp3) is 0.381. The summed E-state index contributed by atoms with van der Waals surface area (Å²) in [6.07, 6.45) is 2.25. The van der Waals surface area contributed by atoms with Crippen molar-refractivity contribution in [2.45, 2.75) is 24.9 Å². The number of Topliss-reactive ketones (excluding diaryl/α,β-unsaturated/α-hetero) is 1. The predicted octanol–water partition coefficient (Wildman–Crippen LogP) is 2.32. The highest BCUT2D eigenvalue weighted by Crippen LogP contribution is 2.46. The Morgan fingerprint density at radius 3 is 2.43 bits per heavy atom. The quantitative estimate of drug-likeness (QED) is 0.437. The Bertz CT molecular complexity index is 785. The molecule has 0 bridgehead atoms. The third-order valence-electron chi connectivity index (χ3n) is 4.70. The standard InChI is InChI=1S/C21H23FO6/c1-4-9-27-19(24)17-15(23)12-21(3,26)18(20(25)28-10-5-2)16(17)13-7-6-8-14(22)11-13/h4-8,11,16-18,26H,1-2,9-10,12H2,3H3/t16-,17-,18+,21+/m1/s1. The van der Waals surface area contributed by atoms with Crippen LogP contribution in [-0.4, -0.2) is 41.6 Å². The fourth-order valence-electron chi connectivity index (χ4n) is 3.59. The molecule has 1 N–H and O–H groups in total. The molecule has 28 heavy (non-hydrogen) atoms. The van der Waals surface area contributed by atoms with Gasteiger partial charge in [-0.1, -0.05) is 37.4 Å². The molecule has 0 aromatic heterocycles. The number of esters is 2. The summed E-state index contributed by atoms with van der Waals surface area (Å²) in [5, 5.41) is 10.8. The average Bonchev–Trinajstić information content (AvgIpc) is 2.62. The lowest BCUT2D eigenvalue weighted by atomic mass is 9.61. The van der Waals surface area contributed by atoms with Gasteiger partial charge in [0.2, 0.25) is 0 Å². The summed E-state index contributed by atoms with van der Waals surface area (Å²) >= 11 is 0. The van der Waals surface area contributed by atoms with Crippen LogP contribution in [0.25, 0.3) is 0 Å². The summed E-state index contributed by atoms with van der Waals surface area (Å²) in [5.41, 5.74) is -1.57. The first-order valence-corrected chi connectivity index (χ1v) is 8.78. The first-order valence-electron chi connectivity index (χ1n) is 8.78. The number of hydrogen-bond donors (Lipinski definition) is 1. The first-order chi connectivity index (χ1) is 13.2. The number of carbonyl (C=O) groups is 3. The van der Waals surface area contributed by atoms with Gasteiger partial charge in [-0.2, -0.15) is 0 Å². The van der Waals surface area contributed by atoms with E-state index in [1.54, 1.807) is 0 Å². The summed E-state index contributed by atoms with van der Waals surface area (Å²) in [6.45, 7) is 8.00. The summed E-state index contributed by atoms with van der Waals surface area (Å²) < 4.78 is 24.0. The Balaban J connectivity index is 2.58. The maximum atomic E-state index is 13.9. The number of rotatable bonds is 7. The van der Waals surface area contributed by atoms with Gasteiger partial charge < -0.3 is 14.6 Å². The van der Waals surface area contributed by atoms with E-state index in [2.05, 4.69) is 13.2 Å². The summed E-state index contributed by atoms with van der Waals surface area (Å²) in [6, 6.07) is 5.21. The molecule has 2 rings (SSSR count). The van der Waals surface area contributed by atoms with Crippen LogP contribution in [0.1, 0.15) is 24.8 Å². The van der Waals surface area contributed by atoms with Crippen molar-refractivity contribution in [2.24, 2.45) is 11.8 Å². The molecule has 6 nitrogen and oxygen atoms in total. The van der Waals surface area contributed by atoms with Gasteiger partial charge in [-0.25, -0.2) is 4.39 Å². The van der Waals surface area contributed by atoms with Crippen LogP contribution in [-0.2, 0) is 23.9 Å². The van der Waals surface area contributed by atoms with Crippen LogP contribution in [0.4, 0.5) is 4.39 Å². The smallest absolute Gasteiger partial charge is 0.317 e. The van der Waals surface area contributed by atoms with Gasteiger partial charge >= 0.3 is 11.9 Å². The van der Waals surface area contributed by atoms with Gasteiger partial charge in [0.15, 0.2) is 5.78 Å². The van der Waals surface area contributed by atoms with Gasteiger partial charge in [0.25, 0.3) is 0 Å². The van der Waals surface area contributed by atoms with Crippen LogP contribution < -0.4 is 0 Å². The molecule has 1 saturated carbocycles. The molecule has 1 aromatic carbocycles. The third kappa shape index (κ3) is 4.54. The van der Waals surface area contributed by atoms with Crippen LogP contribution in [0.5, 0.6) is 0 Å². The molecule has 1 aromatic rings. The second-order valence-electron chi connectivity index (χ2n) is 6.87. The molecular formula is C21H23FO6. The van der Waals surface area contributed by atoms with Gasteiger partial charge in [0.05, 0.1) is 11.5 Å². The zero-order chi connectivity index (χ0) is 20.9. The molecular weight excluding hydrogens is 367 g/mol. The molecule has 1 fully saturated rings. The summed E-state index contributed by atoms with van der Waals surface area (Å²) in [7, 11) is 0. The summed E-state index contributed by atoms with van der Waals surface area (Å²) in [5.74, 6) is -6.70. The van der Waals surface area contributed by atoms with E-state index < -0.39 is 53.3 Å². The SMILES string of the molecule is C=CCOC(=O)[C@@H]1C(=O)C[C@](C)(O)[C@H](C(=O)OCC=C)[C@@H]1c1cccc(F)c1. The summed E-state index contributed by atoms with van der Waals surface area (Å²) in [4.78, 5) is 38.0. The molecule has 0 amide bonds. The van der Waals surface area contributed by atoms with Crippen molar-refractivity contribution >= 4 is 17.7 Å². The van der Waals surface area contributed by atoms with Gasteiger partial charge in [0.1, 0.15) is 24.9 Å². The number of aliphatic hydroxyl groups is 1. The van der Waals surface area contributed by atoms with Crippen LogP contribution in [0.2, 0.25) is 0 Å². The Hall–Kier alpha value is -2.80. The maximum absolute atomic E-state index is 13.9. The Kier molecular flexibility index (Phi) is 6.85. The van der Waals surface area contributed by atoms with Gasteiger partial charge in [-0.05, 0) is 24.6 Å². The first kappa shape index (κ1) is 21.5. The van der Waals surface area contributed by atoms with Crippen molar-refractivity contribution in [1.29, 1.82) is 0 Å². The topological polar surface area (TPSA) is 89.9 Å². The van der Waals surface area contributed by atoms with E-state index in [1.807, 2.05) is 0 Å². The average molecular weight is 390 g/mol. The minimum Gasteiger partial charge on any atom is -0.461 e. The van der Waals surface area contributed by atoms with E-state index in [0.717, 1.165) is 6.07 Å². The molecule has 0 heterocycles. The van der Waals surface area contributed by atoms with Gasteiger partial charge in [-0.3, -0.25) is 14.4 Å². The minimum absolute atomic E-state index is 0.110. The highest BCUT2D eigenvalue weighted by molar-refractivity contribution is 6.02. The Morgan fingerprint density at radius 1 is 1.25 bits per heavy atom. The van der Waals surface area contributed by atoms with Gasteiger partial charge in [-0.15, -0.1) is 0 Å². The van der Waals surface area contributed by atoms with Crippen LogP contribution in [0.15, 0.2) is 49.6 Å². The van der Waals surface area contributed by atoms with E-state index in [4.69, 9.17) is 9.47 Å². The van der Waals surface area contributed by atoms with Gasteiger partial charge in [0, 0.05) is 12.3 Å². The number of halogens is 1.